The van der Waals surface area contributed by atoms with Gasteiger partial charge in [-0.3, -0.25) is 0 Å². The van der Waals surface area contributed by atoms with Gasteiger partial charge in [0.15, 0.2) is 0 Å². The Morgan fingerprint density at radius 2 is 1.50 bits per heavy atom. The van der Waals surface area contributed by atoms with E-state index in [1.54, 1.807) is 0 Å². The number of benzene rings is 1. The van der Waals surface area contributed by atoms with Gasteiger partial charge in [-0.1, -0.05) is 37.3 Å². The summed E-state index contributed by atoms with van der Waals surface area (Å²) in [5, 5.41) is 0. The van der Waals surface area contributed by atoms with E-state index in [1.165, 1.54) is 17.0 Å². The van der Waals surface area contributed by atoms with E-state index in [0.717, 1.165) is 6.42 Å². The van der Waals surface area contributed by atoms with Crippen LogP contribution in [0, 0.1) is 13.8 Å². The van der Waals surface area contributed by atoms with Crippen molar-refractivity contribution in [2.75, 3.05) is 0 Å². The lowest BCUT2D eigenvalue weighted by atomic mass is 10.0. The summed E-state index contributed by atoms with van der Waals surface area (Å²) >= 11 is 0. The normalized spacial score (nSPS) is 12.7. The molecule has 1 atom stereocenters. The van der Waals surface area contributed by atoms with E-state index in [-0.39, 0.29) is 0 Å². The quantitative estimate of drug-likeness (QED) is 0.723. The second-order valence-electron chi connectivity index (χ2n) is 4.32. The van der Waals surface area contributed by atoms with Crippen molar-refractivity contribution in [3.63, 3.8) is 0 Å². The van der Waals surface area contributed by atoms with Crippen molar-refractivity contribution in [1.82, 2.24) is 4.57 Å². The molecule has 1 heteroatoms. The number of hydrogen-bond acceptors (Lipinski definition) is 0. The summed E-state index contributed by atoms with van der Waals surface area (Å²) in [6, 6.07) is 15.6. The van der Waals surface area contributed by atoms with E-state index in [9.17, 15) is 0 Å². The van der Waals surface area contributed by atoms with Gasteiger partial charge in [0.25, 0.3) is 0 Å². The summed E-state index contributed by atoms with van der Waals surface area (Å²) in [7, 11) is 0. The van der Waals surface area contributed by atoms with Gasteiger partial charge in [-0.15, -0.1) is 0 Å². The first-order chi connectivity index (χ1) is 7.74. The van der Waals surface area contributed by atoms with Crippen LogP contribution in [-0.4, -0.2) is 4.57 Å². The zero-order valence-electron chi connectivity index (χ0n) is 10.3. The molecule has 0 radical (unpaired) electrons. The molecule has 0 aliphatic heterocycles. The Morgan fingerprint density at radius 1 is 0.938 bits per heavy atom. The molecular formula is C15H19N. The predicted molar refractivity (Wildman–Crippen MR) is 68.8 cm³/mol. The smallest absolute Gasteiger partial charge is 0.0582 e. The van der Waals surface area contributed by atoms with E-state index in [0.29, 0.717) is 6.04 Å². The average molecular weight is 213 g/mol. The highest BCUT2D eigenvalue weighted by atomic mass is 15.0. The second-order valence-corrected chi connectivity index (χ2v) is 4.32. The van der Waals surface area contributed by atoms with Crippen LogP contribution in [0.5, 0.6) is 0 Å². The summed E-state index contributed by atoms with van der Waals surface area (Å²) in [4.78, 5) is 0. The van der Waals surface area contributed by atoms with Crippen molar-refractivity contribution in [2.24, 2.45) is 0 Å². The fourth-order valence-electron chi connectivity index (χ4n) is 2.41. The van der Waals surface area contributed by atoms with Gasteiger partial charge in [-0.2, -0.15) is 0 Å². The SMILES string of the molecule is CCC(c1ccccc1)n1c(C)ccc1C. The van der Waals surface area contributed by atoms with E-state index in [2.05, 4.69) is 67.8 Å². The first-order valence-electron chi connectivity index (χ1n) is 5.93. The van der Waals surface area contributed by atoms with Crippen LogP contribution >= 0.6 is 0 Å². The zero-order chi connectivity index (χ0) is 11.5. The Kier molecular flexibility index (Phi) is 3.14. The minimum Gasteiger partial charge on any atom is -0.342 e. The van der Waals surface area contributed by atoms with E-state index in [1.807, 2.05) is 0 Å². The summed E-state index contributed by atoms with van der Waals surface area (Å²) in [5.41, 5.74) is 4.08. The third-order valence-electron chi connectivity index (χ3n) is 3.21. The number of aromatic nitrogens is 1. The highest BCUT2D eigenvalue weighted by molar-refractivity contribution is 5.24. The molecule has 1 heterocycles. The number of nitrogens with zero attached hydrogens (tertiary/aromatic N) is 1. The Hall–Kier alpha value is -1.50. The van der Waals surface area contributed by atoms with Gasteiger partial charge in [0.2, 0.25) is 0 Å². The van der Waals surface area contributed by atoms with Crippen molar-refractivity contribution in [1.29, 1.82) is 0 Å². The van der Waals surface area contributed by atoms with Crippen LogP contribution in [0.3, 0.4) is 0 Å². The molecule has 0 aliphatic rings. The van der Waals surface area contributed by atoms with Crippen molar-refractivity contribution < 1.29 is 0 Å². The molecule has 2 aromatic rings. The molecule has 0 amide bonds. The van der Waals surface area contributed by atoms with Gasteiger partial charge in [0, 0.05) is 11.4 Å². The van der Waals surface area contributed by atoms with Crippen molar-refractivity contribution >= 4 is 0 Å². The van der Waals surface area contributed by atoms with Crippen LogP contribution in [0.15, 0.2) is 42.5 Å². The van der Waals surface area contributed by atoms with Crippen molar-refractivity contribution in [3.8, 4) is 0 Å². The van der Waals surface area contributed by atoms with Crippen LogP contribution in [-0.2, 0) is 0 Å². The first kappa shape index (κ1) is 11.0. The molecule has 0 spiro atoms. The second kappa shape index (κ2) is 4.56. The van der Waals surface area contributed by atoms with Crippen molar-refractivity contribution in [2.45, 2.75) is 33.2 Å². The minimum atomic E-state index is 0.469. The van der Waals surface area contributed by atoms with Gasteiger partial charge in [0.05, 0.1) is 6.04 Å². The lowest BCUT2D eigenvalue weighted by Gasteiger charge is -2.21. The third kappa shape index (κ3) is 1.90. The maximum Gasteiger partial charge on any atom is 0.0582 e. The Labute approximate surface area is 97.7 Å². The molecule has 0 saturated carbocycles. The van der Waals surface area contributed by atoms with Crippen LogP contribution in [0.2, 0.25) is 0 Å². The number of hydrogen-bond donors (Lipinski definition) is 0. The molecule has 16 heavy (non-hydrogen) atoms. The molecule has 0 N–H and O–H groups in total. The molecule has 0 aliphatic carbocycles. The Morgan fingerprint density at radius 3 is 2.00 bits per heavy atom. The van der Waals surface area contributed by atoms with E-state index in [4.69, 9.17) is 0 Å². The number of aryl methyl sites for hydroxylation is 2. The lowest BCUT2D eigenvalue weighted by molar-refractivity contribution is 0.545. The molecular weight excluding hydrogens is 194 g/mol. The van der Waals surface area contributed by atoms with Crippen LogP contribution in [0.1, 0.15) is 36.3 Å². The van der Waals surface area contributed by atoms with Crippen LogP contribution in [0.25, 0.3) is 0 Å². The monoisotopic (exact) mass is 213 g/mol. The topological polar surface area (TPSA) is 4.93 Å². The summed E-state index contributed by atoms with van der Waals surface area (Å²) in [6.45, 7) is 6.60. The van der Waals surface area contributed by atoms with Crippen LogP contribution in [0.4, 0.5) is 0 Å². The van der Waals surface area contributed by atoms with E-state index >= 15 is 0 Å². The van der Waals surface area contributed by atoms with Gasteiger partial charge in [-0.25, -0.2) is 0 Å². The molecule has 1 nitrogen and oxygen atoms in total. The largest absolute Gasteiger partial charge is 0.342 e. The first-order valence-corrected chi connectivity index (χ1v) is 5.93. The molecule has 0 fully saturated rings. The fraction of sp³-hybridized carbons (Fsp3) is 0.333. The minimum absolute atomic E-state index is 0.469. The van der Waals surface area contributed by atoms with Gasteiger partial charge >= 0.3 is 0 Å². The highest BCUT2D eigenvalue weighted by Crippen LogP contribution is 2.25. The highest BCUT2D eigenvalue weighted by Gasteiger charge is 2.13. The average Bonchev–Trinajstić information content (AvgIpc) is 2.63. The third-order valence-corrected chi connectivity index (χ3v) is 3.21. The molecule has 0 saturated heterocycles. The molecule has 2 rings (SSSR count). The molecule has 1 aromatic heterocycles. The molecule has 0 bridgehead atoms. The maximum absolute atomic E-state index is 2.43. The molecule has 84 valence electrons. The Bertz CT molecular complexity index is 434. The van der Waals surface area contributed by atoms with Crippen molar-refractivity contribution in [3.05, 3.63) is 59.4 Å². The van der Waals surface area contributed by atoms with E-state index < -0.39 is 0 Å². The number of rotatable bonds is 3. The fourth-order valence-corrected chi connectivity index (χ4v) is 2.41. The van der Waals surface area contributed by atoms with Gasteiger partial charge < -0.3 is 4.57 Å². The predicted octanol–water partition coefficient (Wildman–Crippen LogP) is 4.10. The Balaban J connectivity index is 2.45. The summed E-state index contributed by atoms with van der Waals surface area (Å²) < 4.78 is 2.43. The van der Waals surface area contributed by atoms with Gasteiger partial charge in [0.1, 0.15) is 0 Å². The summed E-state index contributed by atoms with van der Waals surface area (Å²) in [6.07, 6.45) is 1.13. The summed E-state index contributed by atoms with van der Waals surface area (Å²) in [5.74, 6) is 0. The lowest BCUT2D eigenvalue weighted by Crippen LogP contribution is -2.12. The zero-order valence-corrected chi connectivity index (χ0v) is 10.3. The van der Waals surface area contributed by atoms with Gasteiger partial charge in [-0.05, 0) is 38.0 Å². The molecule has 1 unspecified atom stereocenters. The maximum atomic E-state index is 2.43. The standard InChI is InChI=1S/C15H19N/c1-4-15(14-8-6-5-7-9-14)16-12(2)10-11-13(16)3/h5-11,15H,4H2,1-3H3. The molecule has 1 aromatic carbocycles. The van der Waals surface area contributed by atoms with Crippen LogP contribution < -0.4 is 0 Å².